The minimum atomic E-state index is -0.191. The molecule has 0 aliphatic carbocycles. The lowest BCUT2D eigenvalue weighted by molar-refractivity contribution is 0.0963. The van der Waals surface area contributed by atoms with Gasteiger partial charge >= 0.3 is 6.09 Å². The summed E-state index contributed by atoms with van der Waals surface area (Å²) in [6, 6.07) is 0.918. The van der Waals surface area contributed by atoms with Gasteiger partial charge in [0, 0.05) is 31.7 Å². The third-order valence-corrected chi connectivity index (χ3v) is 5.32. The van der Waals surface area contributed by atoms with Crippen LogP contribution in [0.2, 0.25) is 0 Å². The summed E-state index contributed by atoms with van der Waals surface area (Å²) in [5.74, 6) is 0.906. The van der Waals surface area contributed by atoms with Crippen LogP contribution in [0.15, 0.2) is 4.99 Å². The second kappa shape index (κ2) is 11.3. The van der Waals surface area contributed by atoms with E-state index < -0.39 is 0 Å². The number of nitrogens with zero attached hydrogens (tertiary/aromatic N) is 3. The van der Waals surface area contributed by atoms with Gasteiger partial charge in [0.15, 0.2) is 5.96 Å². The van der Waals surface area contributed by atoms with Gasteiger partial charge in [-0.25, -0.2) is 4.79 Å². The summed E-state index contributed by atoms with van der Waals surface area (Å²) in [5.41, 5.74) is 0. The zero-order chi connectivity index (χ0) is 18.8. The van der Waals surface area contributed by atoms with Crippen LogP contribution in [0.4, 0.5) is 4.79 Å². The molecular weight excluding hydrogens is 330 g/mol. The van der Waals surface area contributed by atoms with Crippen LogP contribution in [-0.2, 0) is 4.74 Å². The van der Waals surface area contributed by atoms with Gasteiger partial charge in [-0.15, -0.1) is 0 Å². The number of rotatable bonds is 6. The normalized spacial score (nSPS) is 23.0. The first-order valence-electron chi connectivity index (χ1n) is 10.4. The van der Waals surface area contributed by atoms with Crippen molar-refractivity contribution in [3.8, 4) is 0 Å². The Hall–Kier alpha value is -1.50. The summed E-state index contributed by atoms with van der Waals surface area (Å²) in [6.07, 6.45) is 5.53. The molecule has 0 aromatic rings. The van der Waals surface area contributed by atoms with Crippen molar-refractivity contribution in [2.75, 3.05) is 45.9 Å². The molecule has 1 unspecified atom stereocenters. The van der Waals surface area contributed by atoms with Gasteiger partial charge in [0.05, 0.1) is 13.2 Å². The highest BCUT2D eigenvalue weighted by molar-refractivity contribution is 5.80. The molecule has 2 rings (SSSR count). The van der Waals surface area contributed by atoms with E-state index in [0.29, 0.717) is 18.7 Å². The Morgan fingerprint density at radius 1 is 1.12 bits per heavy atom. The topological polar surface area (TPSA) is 69.2 Å². The van der Waals surface area contributed by atoms with Crippen LogP contribution < -0.4 is 10.6 Å². The van der Waals surface area contributed by atoms with E-state index >= 15 is 0 Å². The van der Waals surface area contributed by atoms with Crippen molar-refractivity contribution in [1.82, 2.24) is 20.4 Å². The van der Waals surface area contributed by atoms with Gasteiger partial charge in [0.1, 0.15) is 0 Å². The first-order valence-corrected chi connectivity index (χ1v) is 10.4. The van der Waals surface area contributed by atoms with Gasteiger partial charge in [0.2, 0.25) is 0 Å². The Labute approximate surface area is 158 Å². The Morgan fingerprint density at radius 2 is 1.88 bits per heavy atom. The molecule has 2 aliphatic heterocycles. The van der Waals surface area contributed by atoms with E-state index in [2.05, 4.69) is 29.4 Å². The van der Waals surface area contributed by atoms with E-state index in [-0.39, 0.29) is 6.09 Å². The first kappa shape index (κ1) is 20.8. The fraction of sp³-hybridized carbons (Fsp3) is 0.895. The quantitative estimate of drug-likeness (QED) is 0.555. The first-order chi connectivity index (χ1) is 12.7. The molecule has 7 nitrogen and oxygen atoms in total. The number of ether oxygens (including phenoxy) is 1. The van der Waals surface area contributed by atoms with E-state index in [1.54, 1.807) is 4.90 Å². The van der Waals surface area contributed by atoms with Crippen molar-refractivity contribution in [2.45, 2.75) is 65.0 Å². The molecular formula is C19H37N5O2. The maximum Gasteiger partial charge on any atom is 0.409 e. The molecule has 0 saturated carbocycles. The van der Waals surface area contributed by atoms with Crippen LogP contribution in [-0.4, -0.2) is 79.8 Å². The van der Waals surface area contributed by atoms with E-state index in [1.165, 1.54) is 25.8 Å². The highest BCUT2D eigenvalue weighted by Crippen LogP contribution is 2.17. The van der Waals surface area contributed by atoms with Crippen molar-refractivity contribution in [1.29, 1.82) is 0 Å². The fourth-order valence-corrected chi connectivity index (χ4v) is 3.81. The van der Waals surface area contributed by atoms with Crippen molar-refractivity contribution in [2.24, 2.45) is 4.99 Å². The number of hydrogen-bond donors (Lipinski definition) is 2. The number of likely N-dealkylation sites (N-methyl/N-ethyl adjacent to an activating group) is 1. The SMILES string of the molecule is CCNC(=NCC1CCCCN1CC)NC1CCN(C(=O)OCC)CC1. The van der Waals surface area contributed by atoms with E-state index in [4.69, 9.17) is 9.73 Å². The molecule has 0 aromatic heterocycles. The monoisotopic (exact) mass is 367 g/mol. The minimum absolute atomic E-state index is 0.191. The summed E-state index contributed by atoms with van der Waals surface area (Å²) in [5, 5.41) is 6.93. The summed E-state index contributed by atoms with van der Waals surface area (Å²) in [4.78, 5) is 21.0. The number of aliphatic imine (C=N–C) groups is 1. The van der Waals surface area contributed by atoms with Crippen LogP contribution in [0.3, 0.4) is 0 Å². The third kappa shape index (κ3) is 6.34. The second-order valence-corrected chi connectivity index (χ2v) is 7.10. The number of carbonyl (C=O) groups is 1. The Balaban J connectivity index is 1.83. The van der Waals surface area contributed by atoms with Crippen LogP contribution in [0.1, 0.15) is 52.9 Å². The van der Waals surface area contributed by atoms with Gasteiger partial charge in [-0.1, -0.05) is 13.3 Å². The van der Waals surface area contributed by atoms with Gasteiger partial charge in [0.25, 0.3) is 0 Å². The average Bonchev–Trinajstić information content (AvgIpc) is 2.67. The van der Waals surface area contributed by atoms with E-state index in [0.717, 1.165) is 51.5 Å². The Kier molecular flexibility index (Phi) is 9.01. The number of guanidine groups is 1. The summed E-state index contributed by atoms with van der Waals surface area (Å²) < 4.78 is 5.09. The number of carbonyl (C=O) groups excluding carboxylic acids is 1. The molecule has 2 aliphatic rings. The molecule has 2 N–H and O–H groups in total. The molecule has 26 heavy (non-hydrogen) atoms. The van der Waals surface area contributed by atoms with E-state index in [1.807, 2.05) is 6.92 Å². The third-order valence-electron chi connectivity index (χ3n) is 5.32. The van der Waals surface area contributed by atoms with Gasteiger partial charge in [-0.05, 0) is 52.6 Å². The zero-order valence-electron chi connectivity index (χ0n) is 16.8. The second-order valence-electron chi connectivity index (χ2n) is 7.10. The van der Waals surface area contributed by atoms with Crippen LogP contribution in [0.5, 0.6) is 0 Å². The summed E-state index contributed by atoms with van der Waals surface area (Å²) in [6.45, 7) is 12.1. The zero-order valence-corrected chi connectivity index (χ0v) is 16.8. The lowest BCUT2D eigenvalue weighted by Crippen LogP contribution is -2.50. The van der Waals surface area contributed by atoms with Gasteiger partial charge < -0.3 is 20.3 Å². The fourth-order valence-electron chi connectivity index (χ4n) is 3.81. The maximum absolute atomic E-state index is 11.8. The molecule has 1 atom stereocenters. The number of likely N-dealkylation sites (tertiary alicyclic amines) is 2. The van der Waals surface area contributed by atoms with Crippen LogP contribution in [0.25, 0.3) is 0 Å². The van der Waals surface area contributed by atoms with Crippen molar-refractivity contribution in [3.05, 3.63) is 0 Å². The maximum atomic E-state index is 11.8. The number of amides is 1. The predicted octanol–water partition coefficient (Wildman–Crippen LogP) is 2.04. The van der Waals surface area contributed by atoms with Crippen molar-refractivity contribution >= 4 is 12.1 Å². The van der Waals surface area contributed by atoms with E-state index in [9.17, 15) is 4.79 Å². The molecule has 0 radical (unpaired) electrons. The predicted molar refractivity (Wildman–Crippen MR) is 106 cm³/mol. The molecule has 2 heterocycles. The Morgan fingerprint density at radius 3 is 2.54 bits per heavy atom. The molecule has 2 saturated heterocycles. The lowest BCUT2D eigenvalue weighted by atomic mass is 10.0. The van der Waals surface area contributed by atoms with Gasteiger partial charge in [-0.2, -0.15) is 0 Å². The molecule has 7 heteroatoms. The molecule has 2 fully saturated rings. The lowest BCUT2D eigenvalue weighted by Gasteiger charge is -2.34. The number of hydrogen-bond acceptors (Lipinski definition) is 4. The molecule has 0 spiro atoms. The van der Waals surface area contributed by atoms with Crippen LogP contribution in [0, 0.1) is 0 Å². The highest BCUT2D eigenvalue weighted by atomic mass is 16.6. The summed E-state index contributed by atoms with van der Waals surface area (Å²) >= 11 is 0. The Bertz CT molecular complexity index is 449. The van der Waals surface area contributed by atoms with Crippen molar-refractivity contribution < 1.29 is 9.53 Å². The molecule has 0 bridgehead atoms. The standard InChI is InChI=1S/C19H37N5O2/c1-4-20-18(21-15-17-9-7-8-12-23(17)5-2)22-16-10-13-24(14-11-16)19(25)26-6-3/h16-17H,4-15H2,1-3H3,(H2,20,21,22). The van der Waals surface area contributed by atoms with Gasteiger partial charge in [-0.3, -0.25) is 9.89 Å². The molecule has 1 amide bonds. The molecule has 0 aromatic carbocycles. The highest BCUT2D eigenvalue weighted by Gasteiger charge is 2.24. The van der Waals surface area contributed by atoms with Crippen LogP contribution >= 0.6 is 0 Å². The number of piperidine rings is 2. The summed E-state index contributed by atoms with van der Waals surface area (Å²) in [7, 11) is 0. The minimum Gasteiger partial charge on any atom is -0.450 e. The number of nitrogens with one attached hydrogen (secondary N) is 2. The average molecular weight is 368 g/mol. The van der Waals surface area contributed by atoms with Crippen molar-refractivity contribution in [3.63, 3.8) is 0 Å². The smallest absolute Gasteiger partial charge is 0.409 e. The molecule has 150 valence electrons. The largest absolute Gasteiger partial charge is 0.450 e.